The Morgan fingerprint density at radius 3 is 2.71 bits per heavy atom. The number of anilines is 1. The fourth-order valence-electron chi connectivity index (χ4n) is 3.62. The van der Waals surface area contributed by atoms with Crippen molar-refractivity contribution in [3.05, 3.63) is 55.1 Å². The van der Waals surface area contributed by atoms with Crippen LogP contribution in [0.15, 0.2) is 55.1 Å². The average molecular weight is 321 g/mol. The average Bonchev–Trinajstić information content (AvgIpc) is 2.85. The molecule has 2 fully saturated rings. The summed E-state index contributed by atoms with van der Waals surface area (Å²) in [7, 11) is 0. The largest absolute Gasteiger partial charge is 0.332 e. The Balaban J connectivity index is 1.73. The first-order chi connectivity index (χ1) is 11.7. The van der Waals surface area contributed by atoms with Crippen molar-refractivity contribution in [2.24, 2.45) is 0 Å². The quantitative estimate of drug-likeness (QED) is 0.644. The first-order valence-corrected chi connectivity index (χ1v) is 8.16. The number of piperazine rings is 1. The Kier molecular flexibility index (Phi) is 3.58. The summed E-state index contributed by atoms with van der Waals surface area (Å²) >= 11 is 0. The highest BCUT2D eigenvalue weighted by atomic mass is 16.2. The highest BCUT2D eigenvalue weighted by molar-refractivity contribution is 6.24. The first kappa shape index (κ1) is 14.9. The number of carbonyl (C=O) groups excluding carboxylic acids is 2. The molecule has 0 aliphatic carbocycles. The lowest BCUT2D eigenvalue weighted by molar-refractivity contribution is -0.121. The molecule has 2 saturated heterocycles. The molecule has 3 amide bonds. The number of urea groups is 1. The highest BCUT2D eigenvalue weighted by Crippen LogP contribution is 2.32. The van der Waals surface area contributed by atoms with Gasteiger partial charge in [-0.15, -0.1) is 6.58 Å². The third-order valence-corrected chi connectivity index (χ3v) is 4.80. The summed E-state index contributed by atoms with van der Waals surface area (Å²) in [5.41, 5.74) is 0.674. The Morgan fingerprint density at radius 2 is 1.88 bits per heavy atom. The van der Waals surface area contributed by atoms with Crippen LogP contribution in [0.5, 0.6) is 0 Å². The fraction of sp³-hybridized carbons (Fsp3) is 0.263. The monoisotopic (exact) mass is 321 g/mol. The Hall–Kier alpha value is -2.66. The Labute approximate surface area is 140 Å². The van der Waals surface area contributed by atoms with Gasteiger partial charge in [0, 0.05) is 31.6 Å². The van der Waals surface area contributed by atoms with Crippen molar-refractivity contribution < 1.29 is 9.59 Å². The standard InChI is InChI=1S/C19H19N3O2/c1-2-10-20-11-12-21-17(13-20)18(23)22(19(21)24)16-9-5-7-14-6-3-4-8-15(14)16/h2-9,17H,1,10-13H2. The van der Waals surface area contributed by atoms with Crippen LogP contribution in [0.4, 0.5) is 10.5 Å². The van der Waals surface area contributed by atoms with Crippen LogP contribution in [0, 0.1) is 0 Å². The highest BCUT2D eigenvalue weighted by Gasteiger charge is 2.48. The summed E-state index contributed by atoms with van der Waals surface area (Å²) in [6, 6.07) is 12.9. The van der Waals surface area contributed by atoms with Crippen LogP contribution in [-0.4, -0.2) is 54.0 Å². The molecule has 1 atom stereocenters. The van der Waals surface area contributed by atoms with Crippen molar-refractivity contribution in [2.75, 3.05) is 31.1 Å². The number of hydrogen-bond acceptors (Lipinski definition) is 3. The second-order valence-electron chi connectivity index (χ2n) is 6.21. The maximum absolute atomic E-state index is 13.0. The van der Waals surface area contributed by atoms with E-state index in [1.807, 2.05) is 48.5 Å². The molecule has 2 heterocycles. The molecule has 2 aliphatic heterocycles. The van der Waals surface area contributed by atoms with Gasteiger partial charge in [0.15, 0.2) is 0 Å². The van der Waals surface area contributed by atoms with Crippen molar-refractivity contribution in [2.45, 2.75) is 6.04 Å². The summed E-state index contributed by atoms with van der Waals surface area (Å²) in [5.74, 6) is -0.134. The van der Waals surface area contributed by atoms with Gasteiger partial charge < -0.3 is 4.90 Å². The summed E-state index contributed by atoms with van der Waals surface area (Å²) in [6.45, 7) is 6.40. The zero-order valence-electron chi connectivity index (χ0n) is 13.4. The van der Waals surface area contributed by atoms with Crippen LogP contribution >= 0.6 is 0 Å². The third kappa shape index (κ3) is 2.20. The molecule has 0 bridgehead atoms. The minimum atomic E-state index is -0.398. The minimum Gasteiger partial charge on any atom is -0.309 e. The molecular formula is C19H19N3O2. The molecule has 2 aromatic carbocycles. The van der Waals surface area contributed by atoms with Crippen LogP contribution < -0.4 is 4.90 Å². The predicted octanol–water partition coefficient (Wildman–Crippen LogP) is 2.48. The number of imide groups is 1. The van der Waals surface area contributed by atoms with E-state index in [1.54, 1.807) is 4.90 Å². The topological polar surface area (TPSA) is 43.9 Å². The molecule has 0 spiro atoms. The fourth-order valence-corrected chi connectivity index (χ4v) is 3.62. The molecule has 0 radical (unpaired) electrons. The summed E-state index contributed by atoms with van der Waals surface area (Å²) in [4.78, 5) is 31.0. The molecule has 2 aromatic rings. The van der Waals surface area contributed by atoms with Gasteiger partial charge in [-0.05, 0) is 11.5 Å². The van der Waals surface area contributed by atoms with Gasteiger partial charge in [0.25, 0.3) is 5.91 Å². The van der Waals surface area contributed by atoms with Gasteiger partial charge in [0.1, 0.15) is 6.04 Å². The zero-order chi connectivity index (χ0) is 16.7. The van der Waals surface area contributed by atoms with Crippen molar-refractivity contribution in [3.63, 3.8) is 0 Å². The summed E-state index contributed by atoms with van der Waals surface area (Å²) in [6.07, 6.45) is 1.83. The van der Waals surface area contributed by atoms with Crippen LogP contribution in [0.3, 0.4) is 0 Å². The van der Waals surface area contributed by atoms with E-state index in [4.69, 9.17) is 0 Å². The van der Waals surface area contributed by atoms with E-state index in [-0.39, 0.29) is 11.9 Å². The Morgan fingerprint density at radius 1 is 1.08 bits per heavy atom. The number of nitrogens with zero attached hydrogens (tertiary/aromatic N) is 3. The second kappa shape index (κ2) is 5.76. The van der Waals surface area contributed by atoms with Crippen LogP contribution in [0.1, 0.15) is 0 Å². The van der Waals surface area contributed by atoms with E-state index in [9.17, 15) is 9.59 Å². The van der Waals surface area contributed by atoms with E-state index in [1.165, 1.54) is 4.90 Å². The first-order valence-electron chi connectivity index (χ1n) is 8.16. The molecule has 0 saturated carbocycles. The Bertz CT molecular complexity index is 827. The molecule has 122 valence electrons. The number of carbonyl (C=O) groups is 2. The van der Waals surface area contributed by atoms with Gasteiger partial charge in [-0.2, -0.15) is 0 Å². The number of rotatable bonds is 3. The maximum atomic E-state index is 13.0. The van der Waals surface area contributed by atoms with E-state index >= 15 is 0 Å². The van der Waals surface area contributed by atoms with Gasteiger partial charge in [0.2, 0.25) is 0 Å². The van der Waals surface area contributed by atoms with Gasteiger partial charge in [-0.25, -0.2) is 9.69 Å². The molecule has 4 rings (SSSR count). The summed E-state index contributed by atoms with van der Waals surface area (Å²) in [5, 5.41) is 1.94. The lowest BCUT2D eigenvalue weighted by Crippen LogP contribution is -2.52. The molecular weight excluding hydrogens is 302 g/mol. The molecule has 2 aliphatic rings. The van der Waals surface area contributed by atoms with Gasteiger partial charge in [-0.1, -0.05) is 42.5 Å². The normalized spacial score (nSPS) is 21.4. The van der Waals surface area contributed by atoms with Crippen LogP contribution in [-0.2, 0) is 4.79 Å². The van der Waals surface area contributed by atoms with Crippen molar-refractivity contribution in [1.82, 2.24) is 9.80 Å². The molecule has 0 N–H and O–H groups in total. The smallest absolute Gasteiger partial charge is 0.309 e. The van der Waals surface area contributed by atoms with Crippen LogP contribution in [0.25, 0.3) is 10.8 Å². The molecule has 1 unspecified atom stereocenters. The molecule has 24 heavy (non-hydrogen) atoms. The van der Waals surface area contributed by atoms with E-state index in [0.29, 0.717) is 18.8 Å². The minimum absolute atomic E-state index is 0.134. The van der Waals surface area contributed by atoms with Crippen molar-refractivity contribution in [1.29, 1.82) is 0 Å². The van der Waals surface area contributed by atoms with Gasteiger partial charge in [-0.3, -0.25) is 9.69 Å². The third-order valence-electron chi connectivity index (χ3n) is 4.80. The van der Waals surface area contributed by atoms with Crippen molar-refractivity contribution >= 4 is 28.4 Å². The number of fused-ring (bicyclic) bond motifs is 2. The summed E-state index contributed by atoms with van der Waals surface area (Å²) < 4.78 is 0. The van der Waals surface area contributed by atoms with E-state index in [2.05, 4.69) is 11.5 Å². The number of amides is 3. The maximum Gasteiger partial charge on any atom is 0.332 e. The lowest BCUT2D eigenvalue weighted by atomic mass is 10.1. The van der Waals surface area contributed by atoms with Crippen molar-refractivity contribution in [3.8, 4) is 0 Å². The SMILES string of the molecule is C=CCN1CCN2C(=O)N(c3cccc4ccccc34)C(=O)C2C1. The molecule has 5 heteroatoms. The predicted molar refractivity (Wildman–Crippen MR) is 94.0 cm³/mol. The molecule has 5 nitrogen and oxygen atoms in total. The molecule has 0 aromatic heterocycles. The van der Waals surface area contributed by atoms with E-state index < -0.39 is 6.04 Å². The number of benzene rings is 2. The lowest BCUT2D eigenvalue weighted by Gasteiger charge is -2.34. The second-order valence-corrected chi connectivity index (χ2v) is 6.21. The van der Waals surface area contributed by atoms with Gasteiger partial charge in [0.05, 0.1) is 5.69 Å². The van der Waals surface area contributed by atoms with E-state index in [0.717, 1.165) is 23.9 Å². The number of hydrogen-bond donors (Lipinski definition) is 0. The zero-order valence-corrected chi connectivity index (χ0v) is 13.4. The van der Waals surface area contributed by atoms with Crippen LogP contribution in [0.2, 0.25) is 0 Å². The van der Waals surface area contributed by atoms with Gasteiger partial charge >= 0.3 is 6.03 Å².